The average Bonchev–Trinajstić information content (AvgIpc) is 3.19. The van der Waals surface area contributed by atoms with Crippen molar-refractivity contribution in [1.82, 2.24) is 0 Å². The molecule has 0 spiro atoms. The van der Waals surface area contributed by atoms with E-state index in [0.717, 1.165) is 55.6 Å². The topological polar surface area (TPSA) is 65.2 Å². The third kappa shape index (κ3) is 12.5. The number of hydrogen-bond acceptors (Lipinski definition) is 4. The lowest BCUT2D eigenvalue weighted by molar-refractivity contribution is 0.307. The molecule has 5 aromatic rings. The van der Waals surface area contributed by atoms with E-state index in [1.54, 1.807) is 12.4 Å². The molecule has 0 bridgehead atoms. The first-order valence-electron chi connectivity index (χ1n) is 19.1. The first-order chi connectivity index (χ1) is 26.9. The summed E-state index contributed by atoms with van der Waals surface area (Å²) in [5.74, 6) is 13.9. The van der Waals surface area contributed by atoms with Crippen molar-refractivity contribution in [3.8, 4) is 23.7 Å². The standard InChI is InChI=1S/C52H52N2O2/c1-51(2,3)49-27-19-41(20-28-49)17-25-47-35-46(24-16-40-9-13-44(14-10-40)38-54-32-34-56)48(26-18-42-21-29-50(30-22-42)52(4,5)6)36-45(47)23-15-39-7-11-43(12-8-39)37-53-31-33-55/h7-16,19-24,27-30,35-38,55-56H,31-34H2,1-6H3/b23-15+,24-16+,53-37?,54-38?. The maximum absolute atomic E-state index is 9.06. The van der Waals surface area contributed by atoms with E-state index in [2.05, 4.69) is 184 Å². The Morgan fingerprint density at radius 2 is 0.786 bits per heavy atom. The Labute approximate surface area is 334 Å². The summed E-state index contributed by atoms with van der Waals surface area (Å²) < 4.78 is 0. The Bertz CT molecular complexity index is 2140. The maximum Gasteiger partial charge on any atom is 0.0626 e. The molecule has 0 aliphatic heterocycles. The summed E-state index contributed by atoms with van der Waals surface area (Å²) in [6, 6.07) is 37.6. The Kier molecular flexibility index (Phi) is 14.3. The van der Waals surface area contributed by atoms with Crippen LogP contribution in [-0.2, 0) is 10.8 Å². The molecule has 5 aromatic carbocycles. The lowest BCUT2D eigenvalue weighted by atomic mass is 9.87. The van der Waals surface area contributed by atoms with Crippen LogP contribution in [0.4, 0.5) is 0 Å². The van der Waals surface area contributed by atoms with Crippen molar-refractivity contribution in [3.05, 3.63) is 176 Å². The quantitative estimate of drug-likeness (QED) is 0.0852. The highest BCUT2D eigenvalue weighted by atomic mass is 16.3. The van der Waals surface area contributed by atoms with Crippen molar-refractivity contribution in [2.75, 3.05) is 26.3 Å². The van der Waals surface area contributed by atoms with Gasteiger partial charge in [-0.2, -0.15) is 0 Å². The van der Waals surface area contributed by atoms with E-state index in [-0.39, 0.29) is 24.0 Å². The van der Waals surface area contributed by atoms with Gasteiger partial charge in [-0.1, -0.05) is 162 Å². The summed E-state index contributed by atoms with van der Waals surface area (Å²) in [6.07, 6.45) is 12.0. The van der Waals surface area contributed by atoms with Crippen molar-refractivity contribution < 1.29 is 10.2 Å². The number of nitrogens with zero attached hydrogens (tertiary/aromatic N) is 2. The van der Waals surface area contributed by atoms with E-state index >= 15 is 0 Å². The van der Waals surface area contributed by atoms with Gasteiger partial charge in [0.25, 0.3) is 0 Å². The van der Waals surface area contributed by atoms with Gasteiger partial charge >= 0.3 is 0 Å². The van der Waals surface area contributed by atoms with Crippen LogP contribution < -0.4 is 0 Å². The Hall–Kier alpha value is -6.04. The molecule has 56 heavy (non-hydrogen) atoms. The Morgan fingerprint density at radius 3 is 1.11 bits per heavy atom. The Balaban J connectivity index is 1.59. The van der Waals surface area contributed by atoms with Crippen molar-refractivity contribution in [1.29, 1.82) is 0 Å². The first kappa shape index (κ1) is 41.1. The van der Waals surface area contributed by atoms with Crippen LogP contribution in [0.3, 0.4) is 0 Å². The van der Waals surface area contributed by atoms with Gasteiger partial charge < -0.3 is 10.2 Å². The molecule has 0 amide bonds. The van der Waals surface area contributed by atoms with Crippen LogP contribution in [0.25, 0.3) is 24.3 Å². The minimum absolute atomic E-state index is 0.0325. The lowest BCUT2D eigenvalue weighted by Crippen LogP contribution is -2.10. The summed E-state index contributed by atoms with van der Waals surface area (Å²) in [5.41, 5.74) is 12.3. The molecule has 0 saturated carbocycles. The molecular weight excluding hydrogens is 685 g/mol. The fraction of sp³-hybridized carbons (Fsp3) is 0.231. The molecule has 0 atom stereocenters. The number of aliphatic hydroxyl groups is 2. The van der Waals surface area contributed by atoms with Crippen molar-refractivity contribution in [2.45, 2.75) is 52.4 Å². The number of aliphatic hydroxyl groups excluding tert-OH is 2. The molecule has 4 nitrogen and oxygen atoms in total. The SMILES string of the molecule is CC(C)(C)c1ccc(C#Cc2cc(/C=C/c3ccc(C=NCCO)cc3)c(C#Cc3ccc(C(C)(C)C)cc3)cc2/C=C/c2ccc(C=NCCO)cc2)cc1. The molecule has 0 aliphatic rings. The highest BCUT2D eigenvalue weighted by Gasteiger charge is 2.13. The molecule has 2 N–H and O–H groups in total. The van der Waals surface area contributed by atoms with E-state index in [4.69, 9.17) is 10.2 Å². The zero-order valence-corrected chi connectivity index (χ0v) is 33.5. The number of rotatable bonds is 10. The van der Waals surface area contributed by atoms with Gasteiger partial charge in [-0.3, -0.25) is 9.98 Å². The maximum atomic E-state index is 9.06. The zero-order valence-electron chi connectivity index (χ0n) is 33.5. The van der Waals surface area contributed by atoms with E-state index < -0.39 is 0 Å². The molecule has 0 radical (unpaired) electrons. The van der Waals surface area contributed by atoms with Crippen LogP contribution in [0.1, 0.15) is 108 Å². The highest BCUT2D eigenvalue weighted by molar-refractivity contribution is 5.83. The minimum Gasteiger partial charge on any atom is -0.394 e. The molecule has 0 aliphatic carbocycles. The third-order valence-corrected chi connectivity index (χ3v) is 9.13. The fourth-order valence-electron chi connectivity index (χ4n) is 5.73. The summed E-state index contributed by atoms with van der Waals surface area (Å²) in [6.45, 7) is 14.1. The van der Waals surface area contributed by atoms with Gasteiger partial charge in [0.2, 0.25) is 0 Å². The number of benzene rings is 5. The lowest BCUT2D eigenvalue weighted by Gasteiger charge is -2.18. The monoisotopic (exact) mass is 736 g/mol. The highest BCUT2D eigenvalue weighted by Crippen LogP contribution is 2.25. The van der Waals surface area contributed by atoms with Crippen LogP contribution >= 0.6 is 0 Å². The number of hydrogen-bond donors (Lipinski definition) is 2. The molecular formula is C52H52N2O2. The first-order valence-corrected chi connectivity index (χ1v) is 19.1. The van der Waals surface area contributed by atoms with Gasteiger partial charge in [-0.15, -0.1) is 0 Å². The van der Waals surface area contributed by atoms with Gasteiger partial charge in [0.15, 0.2) is 0 Å². The van der Waals surface area contributed by atoms with E-state index in [9.17, 15) is 0 Å². The summed E-state index contributed by atoms with van der Waals surface area (Å²) >= 11 is 0. The number of aliphatic imine (C=N–C) groups is 2. The van der Waals surface area contributed by atoms with Gasteiger partial charge in [-0.05, 0) is 91.7 Å². The molecule has 5 rings (SSSR count). The van der Waals surface area contributed by atoms with Crippen molar-refractivity contribution in [2.24, 2.45) is 9.98 Å². The zero-order chi connectivity index (χ0) is 40.0. The van der Waals surface area contributed by atoms with Gasteiger partial charge in [0, 0.05) is 34.7 Å². The predicted octanol–water partition coefficient (Wildman–Crippen LogP) is 10.2. The molecule has 0 saturated heterocycles. The van der Waals surface area contributed by atoms with E-state index in [0.29, 0.717) is 13.1 Å². The average molecular weight is 737 g/mol. The van der Waals surface area contributed by atoms with Crippen LogP contribution in [0, 0.1) is 23.7 Å². The summed E-state index contributed by atoms with van der Waals surface area (Å²) in [4.78, 5) is 8.48. The largest absolute Gasteiger partial charge is 0.394 e. The second-order valence-corrected chi connectivity index (χ2v) is 15.7. The van der Waals surface area contributed by atoms with Crippen LogP contribution in [0.2, 0.25) is 0 Å². The van der Waals surface area contributed by atoms with Gasteiger partial charge in [-0.25, -0.2) is 0 Å². The summed E-state index contributed by atoms with van der Waals surface area (Å²) in [7, 11) is 0. The van der Waals surface area contributed by atoms with Crippen LogP contribution in [-0.4, -0.2) is 48.9 Å². The van der Waals surface area contributed by atoms with Gasteiger partial charge in [0.05, 0.1) is 26.3 Å². The van der Waals surface area contributed by atoms with E-state index in [1.165, 1.54) is 11.1 Å². The normalized spacial score (nSPS) is 12.0. The van der Waals surface area contributed by atoms with Crippen LogP contribution in [0.5, 0.6) is 0 Å². The fourth-order valence-corrected chi connectivity index (χ4v) is 5.73. The van der Waals surface area contributed by atoms with Crippen LogP contribution in [0.15, 0.2) is 119 Å². The molecule has 282 valence electrons. The van der Waals surface area contributed by atoms with E-state index in [1.807, 2.05) is 24.3 Å². The van der Waals surface area contributed by atoms with Gasteiger partial charge in [0.1, 0.15) is 0 Å². The smallest absolute Gasteiger partial charge is 0.0626 e. The minimum atomic E-state index is 0.0325. The molecule has 0 aromatic heterocycles. The second kappa shape index (κ2) is 19.5. The molecule has 0 fully saturated rings. The molecule has 4 heteroatoms. The second-order valence-electron chi connectivity index (χ2n) is 15.7. The molecule has 0 unspecified atom stereocenters. The molecule has 0 heterocycles. The van der Waals surface area contributed by atoms with Crippen molar-refractivity contribution >= 4 is 36.7 Å². The third-order valence-electron chi connectivity index (χ3n) is 9.13. The van der Waals surface area contributed by atoms with Crippen molar-refractivity contribution in [3.63, 3.8) is 0 Å². The predicted molar refractivity (Wildman–Crippen MR) is 239 cm³/mol. The summed E-state index contributed by atoms with van der Waals surface area (Å²) in [5, 5.41) is 18.1. The Morgan fingerprint density at radius 1 is 0.446 bits per heavy atom.